The SMILES string of the molecule is CC(NC(=O)c1cccc(Br)c1F)c1cn[nH]c1. The van der Waals surface area contributed by atoms with Gasteiger partial charge < -0.3 is 5.32 Å². The van der Waals surface area contributed by atoms with Gasteiger partial charge in [0.25, 0.3) is 5.91 Å². The van der Waals surface area contributed by atoms with Gasteiger partial charge in [0, 0.05) is 11.8 Å². The molecule has 1 aromatic carbocycles. The van der Waals surface area contributed by atoms with Crippen molar-refractivity contribution in [2.45, 2.75) is 13.0 Å². The molecule has 0 aliphatic heterocycles. The molecule has 0 radical (unpaired) electrons. The number of nitrogens with zero attached hydrogens (tertiary/aromatic N) is 1. The Labute approximate surface area is 112 Å². The third kappa shape index (κ3) is 2.59. The molecule has 4 nitrogen and oxygen atoms in total. The number of carbonyl (C=O) groups is 1. The number of carbonyl (C=O) groups excluding carboxylic acids is 1. The van der Waals surface area contributed by atoms with Crippen LogP contribution in [0, 0.1) is 5.82 Å². The molecule has 0 saturated heterocycles. The van der Waals surface area contributed by atoms with E-state index in [0.29, 0.717) is 0 Å². The van der Waals surface area contributed by atoms with Crippen LogP contribution < -0.4 is 5.32 Å². The van der Waals surface area contributed by atoms with E-state index in [4.69, 9.17) is 0 Å². The Hall–Kier alpha value is -1.69. The number of aromatic nitrogens is 2. The topological polar surface area (TPSA) is 57.8 Å². The number of rotatable bonds is 3. The Kier molecular flexibility index (Phi) is 3.76. The van der Waals surface area contributed by atoms with E-state index in [9.17, 15) is 9.18 Å². The van der Waals surface area contributed by atoms with Crippen LogP contribution in [0.4, 0.5) is 4.39 Å². The van der Waals surface area contributed by atoms with Gasteiger partial charge in [-0.25, -0.2) is 4.39 Å². The monoisotopic (exact) mass is 311 g/mol. The van der Waals surface area contributed by atoms with Crippen molar-refractivity contribution in [1.82, 2.24) is 15.5 Å². The van der Waals surface area contributed by atoms with E-state index in [1.54, 1.807) is 31.5 Å². The third-order valence-electron chi connectivity index (χ3n) is 2.56. The fraction of sp³-hybridized carbons (Fsp3) is 0.167. The fourth-order valence-electron chi connectivity index (χ4n) is 1.53. The number of hydrogen-bond acceptors (Lipinski definition) is 2. The summed E-state index contributed by atoms with van der Waals surface area (Å²) in [5.74, 6) is -1.02. The molecule has 0 fully saturated rings. The summed E-state index contributed by atoms with van der Waals surface area (Å²) in [6, 6.07) is 4.36. The van der Waals surface area contributed by atoms with Crippen molar-refractivity contribution >= 4 is 21.8 Å². The zero-order chi connectivity index (χ0) is 13.1. The third-order valence-corrected chi connectivity index (χ3v) is 3.18. The van der Waals surface area contributed by atoms with Gasteiger partial charge in [-0.15, -0.1) is 0 Å². The van der Waals surface area contributed by atoms with Gasteiger partial charge in [0.2, 0.25) is 0 Å². The molecule has 1 amide bonds. The maximum Gasteiger partial charge on any atom is 0.254 e. The Balaban J connectivity index is 2.15. The first-order valence-corrected chi connectivity index (χ1v) is 6.12. The molecule has 2 N–H and O–H groups in total. The average Bonchev–Trinajstić information content (AvgIpc) is 2.86. The van der Waals surface area contributed by atoms with E-state index in [1.807, 2.05) is 0 Å². The molecule has 0 aliphatic carbocycles. The second-order valence-corrected chi connectivity index (χ2v) is 4.68. The highest BCUT2D eigenvalue weighted by Gasteiger charge is 2.16. The summed E-state index contributed by atoms with van der Waals surface area (Å²) in [4.78, 5) is 11.9. The molecule has 0 saturated carbocycles. The van der Waals surface area contributed by atoms with Crippen molar-refractivity contribution in [3.63, 3.8) is 0 Å². The Morgan fingerprint density at radius 3 is 3.00 bits per heavy atom. The zero-order valence-corrected chi connectivity index (χ0v) is 11.2. The maximum atomic E-state index is 13.7. The first-order chi connectivity index (χ1) is 8.59. The molecule has 1 atom stereocenters. The summed E-state index contributed by atoms with van der Waals surface area (Å²) in [6.07, 6.45) is 3.30. The summed E-state index contributed by atoms with van der Waals surface area (Å²) in [5, 5.41) is 9.17. The highest BCUT2D eigenvalue weighted by molar-refractivity contribution is 9.10. The van der Waals surface area contributed by atoms with Crippen LogP contribution in [0.5, 0.6) is 0 Å². The summed E-state index contributed by atoms with van der Waals surface area (Å²) in [6.45, 7) is 1.80. The molecule has 1 unspecified atom stereocenters. The summed E-state index contributed by atoms with van der Waals surface area (Å²) in [5.41, 5.74) is 0.846. The van der Waals surface area contributed by atoms with Gasteiger partial charge in [-0.1, -0.05) is 6.07 Å². The minimum Gasteiger partial charge on any atom is -0.345 e. The summed E-state index contributed by atoms with van der Waals surface area (Å²) < 4.78 is 14.0. The maximum absolute atomic E-state index is 13.7. The molecule has 1 heterocycles. The molecule has 0 bridgehead atoms. The van der Waals surface area contributed by atoms with Gasteiger partial charge in [-0.05, 0) is 35.0 Å². The Morgan fingerprint density at radius 2 is 2.33 bits per heavy atom. The van der Waals surface area contributed by atoms with Crippen molar-refractivity contribution in [3.8, 4) is 0 Å². The van der Waals surface area contributed by atoms with Crippen LogP contribution in [0.3, 0.4) is 0 Å². The van der Waals surface area contributed by atoms with Crippen molar-refractivity contribution in [2.75, 3.05) is 0 Å². The first kappa shape index (κ1) is 12.8. The molecule has 2 aromatic rings. The molecular formula is C12H11BrFN3O. The van der Waals surface area contributed by atoms with Gasteiger partial charge in [-0.2, -0.15) is 5.10 Å². The average molecular weight is 312 g/mol. The fourth-order valence-corrected chi connectivity index (χ4v) is 1.90. The van der Waals surface area contributed by atoms with E-state index in [-0.39, 0.29) is 16.1 Å². The molecule has 2 rings (SSSR count). The molecule has 18 heavy (non-hydrogen) atoms. The van der Waals surface area contributed by atoms with E-state index >= 15 is 0 Å². The van der Waals surface area contributed by atoms with Crippen LogP contribution in [0.2, 0.25) is 0 Å². The number of hydrogen-bond donors (Lipinski definition) is 2. The van der Waals surface area contributed by atoms with Gasteiger partial charge in [-0.3, -0.25) is 9.89 Å². The predicted octanol–water partition coefficient (Wildman–Crippen LogP) is 2.80. The Bertz CT molecular complexity index is 556. The lowest BCUT2D eigenvalue weighted by Gasteiger charge is -2.12. The minimum atomic E-state index is -0.561. The van der Waals surface area contributed by atoms with Crippen molar-refractivity contribution in [2.24, 2.45) is 0 Å². The second-order valence-electron chi connectivity index (χ2n) is 3.83. The quantitative estimate of drug-likeness (QED) is 0.915. The molecule has 0 spiro atoms. The van der Waals surface area contributed by atoms with Crippen LogP contribution in [-0.4, -0.2) is 16.1 Å². The van der Waals surface area contributed by atoms with Crippen molar-refractivity contribution in [3.05, 3.63) is 52.0 Å². The smallest absolute Gasteiger partial charge is 0.254 e. The number of halogens is 2. The van der Waals surface area contributed by atoms with E-state index in [2.05, 4.69) is 31.4 Å². The lowest BCUT2D eigenvalue weighted by molar-refractivity contribution is 0.0935. The highest BCUT2D eigenvalue weighted by atomic mass is 79.9. The van der Waals surface area contributed by atoms with Crippen LogP contribution in [0.15, 0.2) is 35.1 Å². The molecule has 1 aromatic heterocycles. The largest absolute Gasteiger partial charge is 0.345 e. The molecule has 0 aliphatic rings. The van der Waals surface area contributed by atoms with Crippen molar-refractivity contribution in [1.29, 1.82) is 0 Å². The van der Waals surface area contributed by atoms with Gasteiger partial charge in [0.1, 0.15) is 5.82 Å². The number of amides is 1. The van der Waals surface area contributed by atoms with Crippen LogP contribution in [0.25, 0.3) is 0 Å². The molecule has 6 heteroatoms. The Morgan fingerprint density at radius 1 is 1.56 bits per heavy atom. The van der Waals surface area contributed by atoms with Crippen LogP contribution in [0.1, 0.15) is 28.9 Å². The molecule has 94 valence electrons. The zero-order valence-electron chi connectivity index (χ0n) is 9.58. The van der Waals surface area contributed by atoms with Crippen LogP contribution >= 0.6 is 15.9 Å². The number of benzene rings is 1. The standard InChI is InChI=1S/C12H11BrFN3O/c1-7(8-5-15-16-6-8)17-12(18)9-3-2-4-10(13)11(9)14/h2-7H,1H3,(H,15,16)(H,17,18). The lowest BCUT2D eigenvalue weighted by Crippen LogP contribution is -2.27. The highest BCUT2D eigenvalue weighted by Crippen LogP contribution is 2.19. The second kappa shape index (κ2) is 5.30. The van der Waals surface area contributed by atoms with E-state index < -0.39 is 11.7 Å². The summed E-state index contributed by atoms with van der Waals surface area (Å²) in [7, 11) is 0. The van der Waals surface area contributed by atoms with Gasteiger partial charge >= 0.3 is 0 Å². The first-order valence-electron chi connectivity index (χ1n) is 5.33. The van der Waals surface area contributed by atoms with Crippen molar-refractivity contribution < 1.29 is 9.18 Å². The van der Waals surface area contributed by atoms with Gasteiger partial charge in [0.05, 0.1) is 22.3 Å². The lowest BCUT2D eigenvalue weighted by atomic mass is 10.1. The number of nitrogens with one attached hydrogen (secondary N) is 2. The number of H-pyrrole nitrogens is 1. The van der Waals surface area contributed by atoms with E-state index in [1.165, 1.54) is 6.07 Å². The molecular weight excluding hydrogens is 301 g/mol. The number of aromatic amines is 1. The van der Waals surface area contributed by atoms with Gasteiger partial charge in [0.15, 0.2) is 0 Å². The minimum absolute atomic E-state index is 0.0136. The van der Waals surface area contributed by atoms with Crippen LogP contribution in [-0.2, 0) is 0 Å². The van der Waals surface area contributed by atoms with E-state index in [0.717, 1.165) is 5.56 Å². The summed E-state index contributed by atoms with van der Waals surface area (Å²) >= 11 is 3.05. The predicted molar refractivity (Wildman–Crippen MR) is 68.6 cm³/mol. The normalized spacial score (nSPS) is 12.2.